The van der Waals surface area contributed by atoms with Gasteiger partial charge in [0, 0.05) is 30.0 Å². The highest BCUT2D eigenvalue weighted by Crippen LogP contribution is 2.33. The molecule has 0 saturated heterocycles. The van der Waals surface area contributed by atoms with Crippen molar-refractivity contribution in [2.75, 3.05) is 7.05 Å². The molecule has 0 fully saturated rings. The van der Waals surface area contributed by atoms with Gasteiger partial charge in [0.05, 0.1) is 6.54 Å². The summed E-state index contributed by atoms with van der Waals surface area (Å²) < 4.78 is 16.6. The van der Waals surface area contributed by atoms with Crippen molar-refractivity contribution < 1.29 is 18.5 Å². The lowest BCUT2D eigenvalue weighted by Crippen LogP contribution is -2.37. The summed E-state index contributed by atoms with van der Waals surface area (Å²) in [6.45, 7) is 5.68. The van der Waals surface area contributed by atoms with E-state index in [9.17, 15) is 9.59 Å². The largest absolute Gasteiger partial charge is 0.480 e. The van der Waals surface area contributed by atoms with Gasteiger partial charge in [-0.25, -0.2) is 4.79 Å². The second-order valence-electron chi connectivity index (χ2n) is 7.68. The maximum absolute atomic E-state index is 12.8. The van der Waals surface area contributed by atoms with Crippen LogP contribution in [0.1, 0.15) is 48.7 Å². The van der Waals surface area contributed by atoms with Gasteiger partial charge in [-0.05, 0) is 50.8 Å². The van der Waals surface area contributed by atoms with Gasteiger partial charge in [-0.15, -0.1) is 0 Å². The molecule has 1 aliphatic rings. The van der Waals surface area contributed by atoms with Crippen LogP contribution in [-0.2, 0) is 30.6 Å². The lowest BCUT2D eigenvalue weighted by molar-refractivity contribution is -0.137. The molecule has 30 heavy (non-hydrogen) atoms. The summed E-state index contributed by atoms with van der Waals surface area (Å²) in [6.07, 6.45) is 2.53. The third-order valence-electron chi connectivity index (χ3n) is 5.56. The fraction of sp³-hybridized carbons (Fsp3) is 0.455. The molecule has 3 aromatic rings. The zero-order valence-corrected chi connectivity index (χ0v) is 17.7. The number of nitrogens with zero attached hydrogens (tertiary/aromatic N) is 3. The highest BCUT2D eigenvalue weighted by Gasteiger charge is 2.24. The maximum atomic E-state index is 12.8. The van der Waals surface area contributed by atoms with Gasteiger partial charge in [-0.3, -0.25) is 4.79 Å². The van der Waals surface area contributed by atoms with Gasteiger partial charge in [0.15, 0.2) is 11.9 Å². The molecule has 0 radical (unpaired) electrons. The van der Waals surface area contributed by atoms with E-state index in [0.717, 1.165) is 35.8 Å². The van der Waals surface area contributed by atoms with E-state index in [2.05, 4.69) is 10.1 Å². The van der Waals surface area contributed by atoms with E-state index >= 15 is 0 Å². The van der Waals surface area contributed by atoms with Gasteiger partial charge in [-0.1, -0.05) is 12.1 Å². The topological polar surface area (TPSA) is 98.7 Å². The fourth-order valence-corrected chi connectivity index (χ4v) is 3.93. The van der Waals surface area contributed by atoms with Gasteiger partial charge in [-0.2, -0.15) is 4.98 Å². The van der Waals surface area contributed by atoms with E-state index in [1.807, 2.05) is 26.0 Å². The molecule has 1 aromatic carbocycles. The van der Waals surface area contributed by atoms with Gasteiger partial charge in [0.1, 0.15) is 11.3 Å². The highest BCUT2D eigenvalue weighted by atomic mass is 16.5. The van der Waals surface area contributed by atoms with Crippen LogP contribution in [0.25, 0.3) is 11.0 Å². The molecule has 2 heterocycles. The van der Waals surface area contributed by atoms with Crippen LogP contribution in [0.2, 0.25) is 0 Å². The van der Waals surface area contributed by atoms with Crippen LogP contribution in [0.15, 0.2) is 25.9 Å². The molecular weight excluding hydrogens is 386 g/mol. The Morgan fingerprint density at radius 3 is 2.80 bits per heavy atom. The molecule has 0 bridgehead atoms. The Kier molecular flexibility index (Phi) is 5.32. The summed E-state index contributed by atoms with van der Waals surface area (Å²) in [4.78, 5) is 30.8. The molecule has 0 spiro atoms. The van der Waals surface area contributed by atoms with Crippen LogP contribution in [0, 0.1) is 6.92 Å². The van der Waals surface area contributed by atoms with Gasteiger partial charge in [0.25, 0.3) is 5.91 Å². The minimum Gasteiger partial charge on any atom is -0.480 e. The molecule has 0 aliphatic heterocycles. The Morgan fingerprint density at radius 1 is 1.30 bits per heavy atom. The van der Waals surface area contributed by atoms with E-state index in [-0.39, 0.29) is 18.1 Å². The van der Waals surface area contributed by atoms with Crippen molar-refractivity contribution in [3.63, 3.8) is 0 Å². The Labute approximate surface area is 173 Å². The number of benzene rings is 1. The quantitative estimate of drug-likeness (QED) is 0.575. The Morgan fingerprint density at radius 2 is 2.07 bits per heavy atom. The molecular formula is C22H25N3O5. The van der Waals surface area contributed by atoms with E-state index in [4.69, 9.17) is 13.7 Å². The Hall–Kier alpha value is -3.16. The van der Waals surface area contributed by atoms with E-state index in [1.165, 1.54) is 4.90 Å². The molecule has 1 aliphatic carbocycles. The van der Waals surface area contributed by atoms with E-state index in [0.29, 0.717) is 35.0 Å². The highest BCUT2D eigenvalue weighted by molar-refractivity contribution is 5.86. The Bertz CT molecular complexity index is 1160. The summed E-state index contributed by atoms with van der Waals surface area (Å²) in [5, 5.41) is 4.83. The Balaban J connectivity index is 1.53. The third-order valence-corrected chi connectivity index (χ3v) is 5.56. The van der Waals surface area contributed by atoms with Crippen molar-refractivity contribution >= 4 is 16.9 Å². The number of carbonyl (C=O) groups excluding carboxylic acids is 1. The monoisotopic (exact) mass is 411 g/mol. The summed E-state index contributed by atoms with van der Waals surface area (Å²) >= 11 is 0. The number of fused-ring (bicyclic) bond motifs is 3. The van der Waals surface area contributed by atoms with Crippen LogP contribution in [0.4, 0.5) is 0 Å². The maximum Gasteiger partial charge on any atom is 0.339 e. The molecule has 8 nitrogen and oxygen atoms in total. The SMILES string of the molecule is CCc1nc(CN(C)C(=O)C(C)Oc2ccc3c4c(c(=O)oc3c2C)CCC4)no1. The van der Waals surface area contributed by atoms with E-state index in [1.54, 1.807) is 14.0 Å². The van der Waals surface area contributed by atoms with Crippen LogP contribution in [0.5, 0.6) is 5.75 Å². The zero-order valence-electron chi connectivity index (χ0n) is 17.7. The number of rotatable bonds is 6. The van der Waals surface area contributed by atoms with Crippen molar-refractivity contribution in [2.45, 2.75) is 59.1 Å². The zero-order chi connectivity index (χ0) is 21.4. The molecule has 1 atom stereocenters. The first-order valence-electron chi connectivity index (χ1n) is 10.2. The molecule has 1 unspecified atom stereocenters. The average Bonchev–Trinajstić information content (AvgIpc) is 3.40. The number of ether oxygens (including phenoxy) is 1. The number of likely N-dealkylation sites (N-methyl/N-ethyl adjacent to an activating group) is 1. The minimum atomic E-state index is -0.732. The number of carbonyl (C=O) groups is 1. The van der Waals surface area contributed by atoms with Crippen LogP contribution in [-0.4, -0.2) is 34.1 Å². The molecule has 158 valence electrons. The first-order chi connectivity index (χ1) is 14.4. The summed E-state index contributed by atoms with van der Waals surface area (Å²) in [6, 6.07) is 3.75. The van der Waals surface area contributed by atoms with Crippen LogP contribution < -0.4 is 10.4 Å². The van der Waals surface area contributed by atoms with Crippen molar-refractivity contribution in [3.05, 3.63) is 51.0 Å². The van der Waals surface area contributed by atoms with Crippen LogP contribution >= 0.6 is 0 Å². The predicted molar refractivity (Wildman–Crippen MR) is 109 cm³/mol. The molecule has 2 aromatic heterocycles. The molecule has 1 amide bonds. The number of hydrogen-bond acceptors (Lipinski definition) is 7. The average molecular weight is 411 g/mol. The standard InChI is InChI=1S/C22H25N3O5/c1-5-19-23-18(24-30-19)11-25(4)21(26)13(3)28-17-10-9-15-14-7-6-8-16(14)22(27)29-20(15)12(17)2/h9-10,13H,5-8,11H2,1-4H3. The minimum absolute atomic E-state index is 0.215. The van der Waals surface area contributed by atoms with Crippen LogP contribution in [0.3, 0.4) is 0 Å². The van der Waals surface area contributed by atoms with E-state index < -0.39 is 6.10 Å². The second-order valence-corrected chi connectivity index (χ2v) is 7.68. The number of aryl methyl sites for hydroxylation is 3. The normalized spacial score (nSPS) is 14.0. The lowest BCUT2D eigenvalue weighted by atomic mass is 10.0. The summed E-state index contributed by atoms with van der Waals surface area (Å²) in [5.74, 6) is 1.29. The van der Waals surface area contributed by atoms with Gasteiger partial charge in [0.2, 0.25) is 5.89 Å². The summed E-state index contributed by atoms with van der Waals surface area (Å²) in [7, 11) is 1.67. The number of aromatic nitrogens is 2. The molecule has 0 N–H and O–H groups in total. The van der Waals surface area contributed by atoms with Crippen molar-refractivity contribution in [1.29, 1.82) is 0 Å². The predicted octanol–water partition coefficient (Wildman–Crippen LogP) is 2.96. The lowest BCUT2D eigenvalue weighted by Gasteiger charge is -2.22. The first kappa shape index (κ1) is 20.1. The van der Waals surface area contributed by atoms with Crippen molar-refractivity contribution in [3.8, 4) is 5.75 Å². The van der Waals surface area contributed by atoms with Crippen molar-refractivity contribution in [2.24, 2.45) is 0 Å². The molecule has 4 rings (SSSR count). The number of hydrogen-bond donors (Lipinski definition) is 0. The second kappa shape index (κ2) is 7.93. The summed E-state index contributed by atoms with van der Waals surface area (Å²) in [5.41, 5.74) is 2.84. The van der Waals surface area contributed by atoms with Crippen molar-refractivity contribution in [1.82, 2.24) is 15.0 Å². The number of amides is 1. The molecule has 0 saturated carbocycles. The molecule has 8 heteroatoms. The van der Waals surface area contributed by atoms with Gasteiger partial charge < -0.3 is 18.6 Å². The smallest absolute Gasteiger partial charge is 0.339 e. The fourth-order valence-electron chi connectivity index (χ4n) is 3.93. The van der Waals surface area contributed by atoms with Gasteiger partial charge >= 0.3 is 5.63 Å². The first-order valence-corrected chi connectivity index (χ1v) is 10.2. The third kappa shape index (κ3) is 3.58.